The van der Waals surface area contributed by atoms with Crippen LogP contribution < -0.4 is 0 Å². The third-order valence-electron chi connectivity index (χ3n) is 5.47. The van der Waals surface area contributed by atoms with E-state index >= 15 is 0 Å². The minimum Gasteiger partial charge on any atom is -0.373 e. The van der Waals surface area contributed by atoms with Crippen molar-refractivity contribution in [3.05, 3.63) is 96.3 Å². The predicted octanol–water partition coefficient (Wildman–Crippen LogP) is 7.09. The van der Waals surface area contributed by atoms with Crippen LogP contribution in [0.3, 0.4) is 0 Å². The van der Waals surface area contributed by atoms with Crippen LogP contribution in [0.1, 0.15) is 24.5 Å². The standard InChI is InChI=1S/C25H21F3O/c1-2-16-6-13-24(29-15-16)21-12-11-19(14-23(21)27)17-7-9-18(10-8-17)20-4-3-5-22(26)25(20)28/h2-5,7-12,14,16,24H,1,6,13,15H2. The Morgan fingerprint density at radius 2 is 1.55 bits per heavy atom. The van der Waals surface area contributed by atoms with Crippen LogP contribution in [0.4, 0.5) is 13.2 Å². The van der Waals surface area contributed by atoms with Crippen molar-refractivity contribution >= 4 is 0 Å². The van der Waals surface area contributed by atoms with Crippen LogP contribution in [0.15, 0.2) is 73.3 Å². The van der Waals surface area contributed by atoms with Gasteiger partial charge in [0.15, 0.2) is 11.6 Å². The highest BCUT2D eigenvalue weighted by Gasteiger charge is 2.23. The van der Waals surface area contributed by atoms with Crippen molar-refractivity contribution in [1.82, 2.24) is 0 Å². The summed E-state index contributed by atoms with van der Waals surface area (Å²) in [6.07, 6.45) is 3.35. The fourth-order valence-electron chi connectivity index (χ4n) is 3.74. The van der Waals surface area contributed by atoms with E-state index in [-0.39, 0.29) is 17.5 Å². The maximum absolute atomic E-state index is 14.7. The molecule has 0 radical (unpaired) electrons. The molecule has 0 saturated carbocycles. The number of hydrogen-bond donors (Lipinski definition) is 0. The molecule has 3 aromatic carbocycles. The molecular weight excluding hydrogens is 373 g/mol. The molecule has 4 rings (SSSR count). The minimum atomic E-state index is -0.881. The zero-order chi connectivity index (χ0) is 20.4. The van der Waals surface area contributed by atoms with E-state index in [9.17, 15) is 13.2 Å². The first kappa shape index (κ1) is 19.5. The summed E-state index contributed by atoms with van der Waals surface area (Å²) < 4.78 is 48.0. The lowest BCUT2D eigenvalue weighted by Gasteiger charge is -2.28. The summed E-state index contributed by atoms with van der Waals surface area (Å²) in [6.45, 7) is 4.35. The van der Waals surface area contributed by atoms with Gasteiger partial charge in [-0.1, -0.05) is 54.6 Å². The molecular formula is C25H21F3O. The maximum atomic E-state index is 14.7. The van der Waals surface area contributed by atoms with E-state index in [2.05, 4.69) is 6.58 Å². The van der Waals surface area contributed by atoms with Crippen LogP contribution >= 0.6 is 0 Å². The summed E-state index contributed by atoms with van der Waals surface area (Å²) in [5.41, 5.74) is 2.85. The van der Waals surface area contributed by atoms with Crippen LogP contribution in [0.5, 0.6) is 0 Å². The van der Waals surface area contributed by atoms with E-state index in [0.29, 0.717) is 23.7 Å². The molecule has 4 heteroatoms. The topological polar surface area (TPSA) is 9.23 Å². The van der Waals surface area contributed by atoms with Gasteiger partial charge < -0.3 is 4.74 Å². The molecule has 148 valence electrons. The molecule has 0 N–H and O–H groups in total. The van der Waals surface area contributed by atoms with Gasteiger partial charge in [-0.15, -0.1) is 6.58 Å². The first-order valence-corrected chi connectivity index (χ1v) is 9.65. The smallest absolute Gasteiger partial charge is 0.166 e. The fraction of sp³-hybridized carbons (Fsp3) is 0.200. The van der Waals surface area contributed by atoms with E-state index in [1.165, 1.54) is 18.2 Å². The van der Waals surface area contributed by atoms with Gasteiger partial charge in [-0.05, 0) is 41.7 Å². The Balaban J connectivity index is 1.55. The summed E-state index contributed by atoms with van der Waals surface area (Å²) in [6, 6.07) is 16.2. The van der Waals surface area contributed by atoms with E-state index in [1.54, 1.807) is 30.3 Å². The van der Waals surface area contributed by atoms with Gasteiger partial charge in [0, 0.05) is 17.0 Å². The van der Waals surface area contributed by atoms with Gasteiger partial charge in [-0.25, -0.2) is 13.2 Å². The second-order valence-corrected chi connectivity index (χ2v) is 7.31. The van der Waals surface area contributed by atoms with Gasteiger partial charge in [0.05, 0.1) is 12.7 Å². The van der Waals surface area contributed by atoms with E-state index < -0.39 is 11.6 Å². The molecule has 2 unspecified atom stereocenters. The number of rotatable bonds is 4. The van der Waals surface area contributed by atoms with Crippen molar-refractivity contribution in [2.45, 2.75) is 18.9 Å². The minimum absolute atomic E-state index is 0.199. The van der Waals surface area contributed by atoms with Crippen LogP contribution in [-0.2, 0) is 4.74 Å². The monoisotopic (exact) mass is 394 g/mol. The highest BCUT2D eigenvalue weighted by Crippen LogP contribution is 2.34. The third kappa shape index (κ3) is 3.99. The molecule has 0 spiro atoms. The van der Waals surface area contributed by atoms with Crippen molar-refractivity contribution in [1.29, 1.82) is 0 Å². The van der Waals surface area contributed by atoms with Crippen molar-refractivity contribution in [2.24, 2.45) is 5.92 Å². The van der Waals surface area contributed by atoms with E-state index in [4.69, 9.17) is 4.74 Å². The van der Waals surface area contributed by atoms with Crippen molar-refractivity contribution in [2.75, 3.05) is 6.61 Å². The molecule has 1 saturated heterocycles. The number of benzene rings is 3. The lowest BCUT2D eigenvalue weighted by Crippen LogP contribution is -2.19. The highest BCUT2D eigenvalue weighted by molar-refractivity contribution is 5.71. The zero-order valence-corrected chi connectivity index (χ0v) is 15.9. The second kappa shape index (κ2) is 8.26. The largest absolute Gasteiger partial charge is 0.373 e. The van der Waals surface area contributed by atoms with Crippen LogP contribution in [0.25, 0.3) is 22.3 Å². The quantitative estimate of drug-likeness (QED) is 0.429. The molecule has 3 aromatic rings. The van der Waals surface area contributed by atoms with Gasteiger partial charge in [0.1, 0.15) is 5.82 Å². The van der Waals surface area contributed by atoms with Gasteiger partial charge in [-0.2, -0.15) is 0 Å². The lowest BCUT2D eigenvalue weighted by molar-refractivity contribution is -0.00700. The summed E-state index contributed by atoms with van der Waals surface area (Å²) in [7, 11) is 0. The number of hydrogen-bond acceptors (Lipinski definition) is 1. The maximum Gasteiger partial charge on any atom is 0.166 e. The summed E-state index contributed by atoms with van der Waals surface area (Å²) >= 11 is 0. The Bertz CT molecular complexity index is 1020. The highest BCUT2D eigenvalue weighted by atomic mass is 19.2. The SMILES string of the molecule is C=CC1CCC(c2ccc(-c3ccc(-c4cccc(F)c4F)cc3)cc2F)OC1. The molecule has 1 nitrogen and oxygen atoms in total. The number of ether oxygens (including phenoxy) is 1. The average Bonchev–Trinajstić information content (AvgIpc) is 2.76. The molecule has 0 aliphatic carbocycles. The van der Waals surface area contributed by atoms with Crippen LogP contribution in [0, 0.1) is 23.4 Å². The molecule has 1 aliphatic rings. The number of halogens is 3. The first-order valence-electron chi connectivity index (χ1n) is 9.65. The summed E-state index contributed by atoms with van der Waals surface area (Å²) in [5.74, 6) is -1.73. The van der Waals surface area contributed by atoms with Gasteiger partial charge in [0.25, 0.3) is 0 Å². The third-order valence-corrected chi connectivity index (χ3v) is 5.47. The zero-order valence-electron chi connectivity index (χ0n) is 15.9. The van der Waals surface area contributed by atoms with Gasteiger partial charge >= 0.3 is 0 Å². The Morgan fingerprint density at radius 3 is 2.21 bits per heavy atom. The van der Waals surface area contributed by atoms with Crippen LogP contribution in [0.2, 0.25) is 0 Å². The molecule has 2 atom stereocenters. The Labute approximate surface area is 168 Å². The second-order valence-electron chi connectivity index (χ2n) is 7.31. The Morgan fingerprint density at radius 1 is 0.828 bits per heavy atom. The van der Waals surface area contributed by atoms with Crippen molar-refractivity contribution in [3.63, 3.8) is 0 Å². The fourth-order valence-corrected chi connectivity index (χ4v) is 3.74. The first-order chi connectivity index (χ1) is 14.1. The molecule has 0 aromatic heterocycles. The molecule has 1 fully saturated rings. The van der Waals surface area contributed by atoms with Gasteiger partial charge in [-0.3, -0.25) is 0 Å². The predicted molar refractivity (Wildman–Crippen MR) is 109 cm³/mol. The summed E-state index contributed by atoms with van der Waals surface area (Å²) in [4.78, 5) is 0. The normalized spacial score (nSPS) is 19.1. The molecule has 0 bridgehead atoms. The molecule has 0 amide bonds. The Hall–Kier alpha value is -2.85. The Kier molecular flexibility index (Phi) is 5.54. The van der Waals surface area contributed by atoms with Crippen LogP contribution in [-0.4, -0.2) is 6.61 Å². The lowest BCUT2D eigenvalue weighted by atomic mass is 9.93. The summed E-state index contributed by atoms with van der Waals surface area (Å²) in [5, 5.41) is 0. The van der Waals surface area contributed by atoms with E-state index in [1.807, 2.05) is 12.1 Å². The van der Waals surface area contributed by atoms with Gasteiger partial charge in [0.2, 0.25) is 0 Å². The molecule has 1 aliphatic heterocycles. The molecule has 29 heavy (non-hydrogen) atoms. The molecule has 1 heterocycles. The average molecular weight is 394 g/mol. The van der Waals surface area contributed by atoms with Crippen molar-refractivity contribution < 1.29 is 17.9 Å². The van der Waals surface area contributed by atoms with E-state index in [0.717, 1.165) is 30.0 Å². The van der Waals surface area contributed by atoms with Crippen molar-refractivity contribution in [3.8, 4) is 22.3 Å².